The van der Waals surface area contributed by atoms with Crippen molar-refractivity contribution in [3.63, 3.8) is 0 Å². The van der Waals surface area contributed by atoms with Gasteiger partial charge in [-0.1, -0.05) is 6.07 Å². The van der Waals surface area contributed by atoms with Crippen molar-refractivity contribution in [3.05, 3.63) is 66.7 Å². The molecule has 0 spiro atoms. The highest BCUT2D eigenvalue weighted by Crippen LogP contribution is 2.18. The summed E-state index contributed by atoms with van der Waals surface area (Å²) in [5, 5.41) is 9.64. The van der Waals surface area contributed by atoms with Gasteiger partial charge in [0.1, 0.15) is 18.7 Å². The molecule has 2 aromatic carbocycles. The lowest BCUT2D eigenvalue weighted by molar-refractivity contribution is -0.119. The normalized spacial score (nSPS) is 11.5. The summed E-state index contributed by atoms with van der Waals surface area (Å²) in [6, 6.07) is 13.8. The first-order valence-electron chi connectivity index (χ1n) is 8.78. The number of rotatable bonds is 6. The van der Waals surface area contributed by atoms with E-state index < -0.39 is 6.04 Å². The predicted molar refractivity (Wildman–Crippen MR) is 109 cm³/mol. The lowest BCUT2D eigenvalue weighted by Gasteiger charge is -2.14. The van der Waals surface area contributed by atoms with Gasteiger partial charge < -0.3 is 15.5 Å². The van der Waals surface area contributed by atoms with Crippen molar-refractivity contribution in [1.82, 2.24) is 14.8 Å². The molecule has 0 saturated carbocycles. The maximum atomic E-state index is 12.5. The molecule has 0 aliphatic carbocycles. The Morgan fingerprint density at radius 3 is 2.32 bits per heavy atom. The molecule has 3 aromatic rings. The number of aromatic nitrogens is 3. The van der Waals surface area contributed by atoms with Crippen LogP contribution in [0.5, 0.6) is 0 Å². The third-order valence-corrected chi connectivity index (χ3v) is 4.25. The number of amides is 2. The zero-order valence-electron chi connectivity index (χ0n) is 16.0. The SMILES string of the molecule is CC(C(=O)Nc1ccc(NC(=O)c2cccc(N(C)C)c2)cc1)n1cncn1. The van der Waals surface area contributed by atoms with E-state index in [2.05, 4.69) is 20.7 Å². The zero-order chi connectivity index (χ0) is 20.1. The molecule has 144 valence electrons. The third kappa shape index (κ3) is 4.53. The Kier molecular flexibility index (Phi) is 5.69. The first-order valence-corrected chi connectivity index (χ1v) is 8.78. The molecule has 8 nitrogen and oxygen atoms in total. The largest absolute Gasteiger partial charge is 0.378 e. The molecule has 2 amide bonds. The lowest BCUT2D eigenvalue weighted by Crippen LogP contribution is -2.24. The average molecular weight is 378 g/mol. The lowest BCUT2D eigenvalue weighted by atomic mass is 10.1. The number of carbonyl (C=O) groups is 2. The van der Waals surface area contributed by atoms with Crippen LogP contribution in [0.15, 0.2) is 61.2 Å². The van der Waals surface area contributed by atoms with Crippen molar-refractivity contribution >= 4 is 28.9 Å². The first-order chi connectivity index (χ1) is 13.4. The Hall–Kier alpha value is -3.68. The van der Waals surface area contributed by atoms with Crippen molar-refractivity contribution in [2.45, 2.75) is 13.0 Å². The number of nitrogens with one attached hydrogen (secondary N) is 2. The Balaban J connectivity index is 1.62. The monoisotopic (exact) mass is 378 g/mol. The van der Waals surface area contributed by atoms with Gasteiger partial charge in [0.05, 0.1) is 0 Å². The van der Waals surface area contributed by atoms with E-state index in [0.717, 1.165) is 5.69 Å². The van der Waals surface area contributed by atoms with Gasteiger partial charge in [-0.05, 0) is 49.4 Å². The Labute approximate surface area is 163 Å². The van der Waals surface area contributed by atoms with Crippen LogP contribution in [0, 0.1) is 0 Å². The van der Waals surface area contributed by atoms with Gasteiger partial charge in [-0.25, -0.2) is 9.67 Å². The van der Waals surface area contributed by atoms with Crippen molar-refractivity contribution in [2.75, 3.05) is 29.6 Å². The van der Waals surface area contributed by atoms with Gasteiger partial charge in [0, 0.05) is 36.7 Å². The summed E-state index contributed by atoms with van der Waals surface area (Å²) in [6.07, 6.45) is 2.88. The van der Waals surface area contributed by atoms with Gasteiger partial charge in [-0.15, -0.1) is 0 Å². The van der Waals surface area contributed by atoms with Crippen LogP contribution in [-0.4, -0.2) is 40.7 Å². The standard InChI is InChI=1S/C20H22N6O2/c1-14(26-13-21-12-22-26)19(27)23-16-7-9-17(10-8-16)24-20(28)15-5-4-6-18(11-15)25(2)3/h4-14H,1-3H3,(H,23,27)(H,24,28). The van der Waals surface area contributed by atoms with Gasteiger partial charge in [0.2, 0.25) is 5.91 Å². The van der Waals surface area contributed by atoms with Gasteiger partial charge in [0.25, 0.3) is 5.91 Å². The second-order valence-electron chi connectivity index (χ2n) is 6.52. The smallest absolute Gasteiger partial charge is 0.255 e. The summed E-state index contributed by atoms with van der Waals surface area (Å²) in [6.45, 7) is 1.74. The molecular weight excluding hydrogens is 356 g/mol. The van der Waals surface area contributed by atoms with Crippen LogP contribution >= 0.6 is 0 Å². The molecule has 1 heterocycles. The van der Waals surface area contributed by atoms with E-state index in [0.29, 0.717) is 16.9 Å². The van der Waals surface area contributed by atoms with Crippen LogP contribution in [0.3, 0.4) is 0 Å². The average Bonchev–Trinajstić information content (AvgIpc) is 3.23. The Morgan fingerprint density at radius 2 is 1.71 bits per heavy atom. The molecule has 8 heteroatoms. The molecule has 0 bridgehead atoms. The molecule has 0 aliphatic heterocycles. The summed E-state index contributed by atoms with van der Waals surface area (Å²) in [5.41, 5.74) is 2.80. The summed E-state index contributed by atoms with van der Waals surface area (Å²) in [4.78, 5) is 30.5. The van der Waals surface area contributed by atoms with E-state index in [1.807, 2.05) is 37.2 Å². The molecule has 2 N–H and O–H groups in total. The third-order valence-electron chi connectivity index (χ3n) is 4.25. The van der Waals surface area contributed by atoms with Crippen LogP contribution in [0.25, 0.3) is 0 Å². The summed E-state index contributed by atoms with van der Waals surface area (Å²) in [5.74, 6) is -0.400. The number of carbonyl (C=O) groups excluding carboxylic acids is 2. The molecular formula is C20H22N6O2. The fourth-order valence-electron chi connectivity index (χ4n) is 2.55. The van der Waals surface area contributed by atoms with E-state index in [4.69, 9.17) is 0 Å². The van der Waals surface area contributed by atoms with Crippen LogP contribution in [0.2, 0.25) is 0 Å². The molecule has 1 aromatic heterocycles. The second kappa shape index (κ2) is 8.34. The van der Waals surface area contributed by atoms with Gasteiger partial charge in [-0.2, -0.15) is 5.10 Å². The minimum atomic E-state index is -0.481. The molecule has 28 heavy (non-hydrogen) atoms. The highest BCUT2D eigenvalue weighted by molar-refractivity contribution is 6.05. The minimum absolute atomic E-state index is 0.194. The number of hydrogen-bond acceptors (Lipinski definition) is 5. The van der Waals surface area contributed by atoms with Gasteiger partial charge in [0.15, 0.2) is 0 Å². The Morgan fingerprint density at radius 1 is 1.04 bits per heavy atom. The van der Waals surface area contributed by atoms with E-state index in [-0.39, 0.29) is 11.8 Å². The van der Waals surface area contributed by atoms with Crippen LogP contribution < -0.4 is 15.5 Å². The molecule has 3 rings (SSSR count). The first kappa shape index (κ1) is 19.1. The number of anilines is 3. The molecule has 0 saturated heterocycles. The molecule has 1 unspecified atom stereocenters. The number of benzene rings is 2. The van der Waals surface area contributed by atoms with Crippen LogP contribution in [0.4, 0.5) is 17.1 Å². The number of hydrogen-bond donors (Lipinski definition) is 2. The van der Waals surface area contributed by atoms with Crippen molar-refractivity contribution < 1.29 is 9.59 Å². The highest BCUT2D eigenvalue weighted by Gasteiger charge is 2.15. The Bertz CT molecular complexity index is 951. The maximum absolute atomic E-state index is 12.5. The molecule has 1 atom stereocenters. The van der Waals surface area contributed by atoms with Crippen molar-refractivity contribution in [3.8, 4) is 0 Å². The fourth-order valence-corrected chi connectivity index (χ4v) is 2.55. The van der Waals surface area contributed by atoms with Gasteiger partial charge >= 0.3 is 0 Å². The fraction of sp³-hybridized carbons (Fsp3) is 0.200. The summed E-state index contributed by atoms with van der Waals surface area (Å²) >= 11 is 0. The van der Waals surface area contributed by atoms with E-state index >= 15 is 0 Å². The number of nitrogens with zero attached hydrogens (tertiary/aromatic N) is 4. The highest BCUT2D eigenvalue weighted by atomic mass is 16.2. The maximum Gasteiger partial charge on any atom is 0.255 e. The molecule has 0 aliphatic rings. The molecule has 0 radical (unpaired) electrons. The summed E-state index contributed by atoms with van der Waals surface area (Å²) in [7, 11) is 3.85. The quantitative estimate of drug-likeness (QED) is 0.688. The topological polar surface area (TPSA) is 92.2 Å². The second-order valence-corrected chi connectivity index (χ2v) is 6.52. The van der Waals surface area contributed by atoms with E-state index in [1.165, 1.54) is 17.3 Å². The zero-order valence-corrected chi connectivity index (χ0v) is 16.0. The van der Waals surface area contributed by atoms with Gasteiger partial charge in [-0.3, -0.25) is 9.59 Å². The minimum Gasteiger partial charge on any atom is -0.378 e. The van der Waals surface area contributed by atoms with E-state index in [1.54, 1.807) is 37.3 Å². The molecule has 0 fully saturated rings. The van der Waals surface area contributed by atoms with E-state index in [9.17, 15) is 9.59 Å². The predicted octanol–water partition coefficient (Wildman–Crippen LogP) is 2.80. The van der Waals surface area contributed by atoms with Crippen LogP contribution in [0.1, 0.15) is 23.3 Å². The van der Waals surface area contributed by atoms with Crippen molar-refractivity contribution in [1.29, 1.82) is 0 Å². The van der Waals surface area contributed by atoms with Crippen molar-refractivity contribution in [2.24, 2.45) is 0 Å². The van der Waals surface area contributed by atoms with Crippen LogP contribution in [-0.2, 0) is 4.79 Å². The summed E-state index contributed by atoms with van der Waals surface area (Å²) < 4.78 is 1.48.